The quantitative estimate of drug-likeness (QED) is 0.771. The van der Waals surface area contributed by atoms with Gasteiger partial charge in [-0.2, -0.15) is 0 Å². The van der Waals surface area contributed by atoms with Gasteiger partial charge in [0.25, 0.3) is 0 Å². The van der Waals surface area contributed by atoms with E-state index >= 15 is 0 Å². The highest BCUT2D eigenvalue weighted by molar-refractivity contribution is 9.11. The van der Waals surface area contributed by atoms with Gasteiger partial charge in [-0.05, 0) is 37.3 Å². The zero-order chi connectivity index (χ0) is 11.6. The normalized spacial score (nSPS) is 14.0. The van der Waals surface area contributed by atoms with Gasteiger partial charge in [0.2, 0.25) is 0 Å². The van der Waals surface area contributed by atoms with Gasteiger partial charge in [0, 0.05) is 13.2 Å². The summed E-state index contributed by atoms with van der Waals surface area (Å²) in [5.74, 6) is 0.686. The number of hydrogen-bond acceptors (Lipinski definition) is 3. The third-order valence-electron chi connectivity index (χ3n) is 1.94. The molecule has 0 saturated carbocycles. The predicted octanol–water partition coefficient (Wildman–Crippen LogP) is 3.74. The van der Waals surface area contributed by atoms with Crippen LogP contribution in [0.5, 0.6) is 0 Å². The maximum atomic E-state index is 5.44. The van der Waals surface area contributed by atoms with Crippen LogP contribution in [0.1, 0.15) is 32.7 Å². The molecule has 0 bridgehead atoms. The maximum absolute atomic E-state index is 5.44. The molecule has 0 aliphatic carbocycles. The molecule has 1 heterocycles. The van der Waals surface area contributed by atoms with Crippen LogP contribution < -0.4 is 0 Å². The van der Waals surface area contributed by atoms with Crippen LogP contribution in [0, 0.1) is 5.41 Å². The van der Waals surface area contributed by atoms with E-state index in [1.165, 1.54) is 0 Å². The summed E-state index contributed by atoms with van der Waals surface area (Å²) in [6.07, 6.45) is -0.119. The summed E-state index contributed by atoms with van der Waals surface area (Å²) in [7, 11) is 1.67. The minimum atomic E-state index is -0.119. The van der Waals surface area contributed by atoms with Gasteiger partial charge >= 0.3 is 0 Å². The Hall–Kier alpha value is -0.0000000000000000555. The third kappa shape index (κ3) is 3.50. The monoisotopic (exact) mass is 336 g/mol. The number of ether oxygens (including phenoxy) is 1. The lowest BCUT2D eigenvalue weighted by Gasteiger charge is -2.28. The van der Waals surface area contributed by atoms with Crippen molar-refractivity contribution in [3.05, 3.63) is 21.1 Å². The van der Waals surface area contributed by atoms with E-state index in [0.717, 1.165) is 9.21 Å². The molecule has 0 spiro atoms. The van der Waals surface area contributed by atoms with Crippen LogP contribution in [0.15, 0.2) is 15.3 Å². The van der Waals surface area contributed by atoms with E-state index in [4.69, 9.17) is 4.74 Å². The van der Waals surface area contributed by atoms with Gasteiger partial charge in [-0.15, -0.1) is 0 Å². The summed E-state index contributed by atoms with van der Waals surface area (Å²) >= 11 is 6.68. The van der Waals surface area contributed by atoms with Crippen molar-refractivity contribution in [3.8, 4) is 0 Å². The van der Waals surface area contributed by atoms with E-state index in [-0.39, 0.29) is 11.5 Å². The molecular formula is C10H14Br2N2O. The van der Waals surface area contributed by atoms with Crippen LogP contribution >= 0.6 is 31.9 Å². The second-order valence-corrected chi connectivity index (χ2v) is 5.98. The maximum Gasteiger partial charge on any atom is 0.160 e. The lowest BCUT2D eigenvalue weighted by Crippen LogP contribution is -2.22. The van der Waals surface area contributed by atoms with Crippen molar-refractivity contribution in [2.24, 2.45) is 5.41 Å². The molecule has 0 aromatic carbocycles. The van der Waals surface area contributed by atoms with E-state index in [0.29, 0.717) is 5.82 Å². The number of hydrogen-bond donors (Lipinski definition) is 0. The molecule has 1 atom stereocenters. The molecule has 0 saturated heterocycles. The van der Waals surface area contributed by atoms with Crippen LogP contribution in [0.3, 0.4) is 0 Å². The highest BCUT2D eigenvalue weighted by Crippen LogP contribution is 2.34. The van der Waals surface area contributed by atoms with Gasteiger partial charge in [-0.1, -0.05) is 20.8 Å². The average molecular weight is 338 g/mol. The van der Waals surface area contributed by atoms with Crippen molar-refractivity contribution in [1.29, 1.82) is 0 Å². The van der Waals surface area contributed by atoms with Gasteiger partial charge in [-0.25, -0.2) is 9.97 Å². The molecule has 15 heavy (non-hydrogen) atoms. The Morgan fingerprint density at radius 3 is 2.00 bits per heavy atom. The van der Waals surface area contributed by atoms with Crippen LogP contribution in [-0.2, 0) is 4.74 Å². The van der Waals surface area contributed by atoms with Crippen molar-refractivity contribution in [2.45, 2.75) is 26.9 Å². The average Bonchev–Trinajstić information content (AvgIpc) is 1.99. The van der Waals surface area contributed by atoms with Crippen molar-refractivity contribution in [1.82, 2.24) is 9.97 Å². The summed E-state index contributed by atoms with van der Waals surface area (Å²) in [5, 5.41) is 0. The minimum Gasteiger partial charge on any atom is -0.373 e. The highest BCUT2D eigenvalue weighted by atomic mass is 79.9. The molecule has 0 fully saturated rings. The number of rotatable bonds is 2. The fourth-order valence-corrected chi connectivity index (χ4v) is 2.47. The number of aromatic nitrogens is 2. The van der Waals surface area contributed by atoms with Crippen molar-refractivity contribution in [3.63, 3.8) is 0 Å². The summed E-state index contributed by atoms with van der Waals surface area (Å²) in [5.41, 5.74) is -0.0328. The molecule has 0 N–H and O–H groups in total. The van der Waals surface area contributed by atoms with E-state index in [2.05, 4.69) is 62.6 Å². The van der Waals surface area contributed by atoms with Gasteiger partial charge in [0.05, 0.1) is 0 Å². The fraction of sp³-hybridized carbons (Fsp3) is 0.600. The number of methoxy groups -OCH3 is 1. The number of halogens is 2. The molecule has 1 aromatic heterocycles. The predicted molar refractivity (Wildman–Crippen MR) is 66.6 cm³/mol. The first-order valence-electron chi connectivity index (χ1n) is 4.57. The lowest BCUT2D eigenvalue weighted by molar-refractivity contribution is 0.00840. The molecule has 0 radical (unpaired) electrons. The standard InChI is InChI=1S/C10H14Br2N2O/c1-10(2,3)8(15-4)9-13-6(11)5-7(12)14-9/h5,8H,1-4H3. The summed E-state index contributed by atoms with van der Waals surface area (Å²) in [6.45, 7) is 6.29. The number of nitrogens with zero attached hydrogens (tertiary/aromatic N) is 2. The lowest BCUT2D eigenvalue weighted by atomic mass is 9.88. The fourth-order valence-electron chi connectivity index (χ4n) is 1.37. The molecule has 84 valence electrons. The Morgan fingerprint density at radius 2 is 1.67 bits per heavy atom. The van der Waals surface area contributed by atoms with Gasteiger partial charge < -0.3 is 4.74 Å². The van der Waals surface area contributed by atoms with Crippen molar-refractivity contribution in [2.75, 3.05) is 7.11 Å². The van der Waals surface area contributed by atoms with Crippen LogP contribution in [0.4, 0.5) is 0 Å². The zero-order valence-electron chi connectivity index (χ0n) is 9.21. The first-order valence-corrected chi connectivity index (χ1v) is 6.16. The van der Waals surface area contributed by atoms with Gasteiger partial charge in [0.15, 0.2) is 5.82 Å². The van der Waals surface area contributed by atoms with E-state index in [9.17, 15) is 0 Å². The minimum absolute atomic E-state index is 0.0328. The Labute approximate surface area is 107 Å². The zero-order valence-corrected chi connectivity index (χ0v) is 12.4. The summed E-state index contributed by atoms with van der Waals surface area (Å²) in [6, 6.07) is 1.80. The first kappa shape index (κ1) is 13.1. The summed E-state index contributed by atoms with van der Waals surface area (Å²) in [4.78, 5) is 8.64. The van der Waals surface area contributed by atoms with E-state index in [1.807, 2.05) is 0 Å². The van der Waals surface area contributed by atoms with Crippen LogP contribution in [-0.4, -0.2) is 17.1 Å². The third-order valence-corrected chi connectivity index (χ3v) is 2.75. The first-order chi connectivity index (χ1) is 6.84. The molecule has 1 aromatic rings. The molecular weight excluding hydrogens is 324 g/mol. The molecule has 0 amide bonds. The van der Waals surface area contributed by atoms with Crippen molar-refractivity contribution < 1.29 is 4.74 Å². The van der Waals surface area contributed by atoms with Gasteiger partial charge in [0.1, 0.15) is 15.3 Å². The molecule has 0 aliphatic rings. The summed E-state index contributed by atoms with van der Waals surface area (Å²) < 4.78 is 6.95. The Morgan fingerprint density at radius 1 is 1.20 bits per heavy atom. The largest absolute Gasteiger partial charge is 0.373 e. The van der Waals surface area contributed by atoms with E-state index < -0.39 is 0 Å². The van der Waals surface area contributed by atoms with Crippen molar-refractivity contribution >= 4 is 31.9 Å². The topological polar surface area (TPSA) is 35.0 Å². The second kappa shape index (κ2) is 4.89. The van der Waals surface area contributed by atoms with Crippen LogP contribution in [0.2, 0.25) is 0 Å². The molecule has 1 rings (SSSR count). The Balaban J connectivity index is 3.13. The molecule has 5 heteroatoms. The second-order valence-electron chi connectivity index (χ2n) is 4.35. The Kier molecular flexibility index (Phi) is 4.26. The molecule has 3 nitrogen and oxygen atoms in total. The van der Waals surface area contributed by atoms with E-state index in [1.54, 1.807) is 13.2 Å². The Bertz CT molecular complexity index is 330. The molecule has 0 aliphatic heterocycles. The SMILES string of the molecule is COC(c1nc(Br)cc(Br)n1)C(C)(C)C. The van der Waals surface area contributed by atoms with Gasteiger partial charge in [-0.3, -0.25) is 0 Å². The van der Waals surface area contributed by atoms with Crippen LogP contribution in [0.25, 0.3) is 0 Å². The smallest absolute Gasteiger partial charge is 0.160 e. The molecule has 1 unspecified atom stereocenters. The highest BCUT2D eigenvalue weighted by Gasteiger charge is 2.29.